The second-order valence-corrected chi connectivity index (χ2v) is 4.45. The molecule has 0 heterocycles. The van der Waals surface area contributed by atoms with Crippen LogP contribution in [-0.4, -0.2) is 11.4 Å². The second kappa shape index (κ2) is 4.21. The molecule has 1 nitrogen and oxygen atoms in total. The van der Waals surface area contributed by atoms with E-state index in [-0.39, 0.29) is 0 Å². The van der Waals surface area contributed by atoms with E-state index in [4.69, 9.17) is 12.2 Å². The molecule has 0 unspecified atom stereocenters. The quantitative estimate of drug-likeness (QED) is 0.593. The molecule has 0 aromatic heterocycles. The van der Waals surface area contributed by atoms with Gasteiger partial charge in [0.25, 0.3) is 0 Å². The number of hydrogen-bond donors (Lipinski definition) is 1. The summed E-state index contributed by atoms with van der Waals surface area (Å²) < 4.78 is 0.575. The smallest absolute Gasteiger partial charge is 0.137 e. The highest BCUT2D eigenvalue weighted by atomic mass is 32.1. The molecule has 2 aromatic carbocycles. The van der Waals surface area contributed by atoms with Crippen molar-refractivity contribution in [1.82, 2.24) is 0 Å². The van der Waals surface area contributed by atoms with Crippen LogP contribution in [0, 0.1) is 0 Å². The first-order valence-corrected chi connectivity index (χ1v) is 5.50. The minimum Gasteiger partial charge on any atom is -0.330 e. The minimum absolute atomic E-state index is 0.575. The van der Waals surface area contributed by atoms with Crippen molar-refractivity contribution in [3.05, 3.63) is 42.5 Å². The number of thiol groups is 1. The van der Waals surface area contributed by atoms with Crippen molar-refractivity contribution < 1.29 is 0 Å². The third-order valence-electron chi connectivity index (χ3n) is 2.41. The Labute approximate surface area is 100 Å². The van der Waals surface area contributed by atoms with Crippen LogP contribution >= 0.6 is 24.8 Å². The summed E-state index contributed by atoms with van der Waals surface area (Å²) in [4.78, 5) is 1.90. The van der Waals surface area contributed by atoms with Gasteiger partial charge in [-0.15, -0.1) is 12.6 Å². The molecule has 0 spiro atoms. The SMILES string of the molecule is CN(C(=S)S)c1cccc2ccccc12. The van der Waals surface area contributed by atoms with Crippen molar-refractivity contribution in [2.24, 2.45) is 0 Å². The van der Waals surface area contributed by atoms with E-state index >= 15 is 0 Å². The first-order chi connectivity index (χ1) is 7.20. The van der Waals surface area contributed by atoms with Gasteiger partial charge in [-0.3, -0.25) is 0 Å². The monoisotopic (exact) mass is 233 g/mol. The number of benzene rings is 2. The Morgan fingerprint density at radius 2 is 1.80 bits per heavy atom. The predicted octanol–water partition coefficient (Wildman–Crippen LogP) is 3.49. The van der Waals surface area contributed by atoms with Gasteiger partial charge in [0.05, 0.1) is 0 Å². The van der Waals surface area contributed by atoms with Gasteiger partial charge in [-0.05, 0) is 11.5 Å². The van der Waals surface area contributed by atoms with Gasteiger partial charge in [-0.1, -0.05) is 48.6 Å². The zero-order chi connectivity index (χ0) is 10.8. The third kappa shape index (κ3) is 1.98. The molecule has 3 heteroatoms. The summed E-state index contributed by atoms with van der Waals surface area (Å²) in [7, 11) is 1.93. The molecule has 2 rings (SSSR count). The van der Waals surface area contributed by atoms with Crippen LogP contribution in [0.1, 0.15) is 0 Å². The Kier molecular flexibility index (Phi) is 2.93. The molecule has 0 saturated heterocycles. The van der Waals surface area contributed by atoms with E-state index in [0.29, 0.717) is 4.32 Å². The van der Waals surface area contributed by atoms with Crippen molar-refractivity contribution in [1.29, 1.82) is 0 Å². The lowest BCUT2D eigenvalue weighted by atomic mass is 10.1. The molecular weight excluding hydrogens is 222 g/mol. The second-order valence-electron chi connectivity index (χ2n) is 3.34. The maximum absolute atomic E-state index is 5.05. The molecule has 0 aliphatic heterocycles. The van der Waals surface area contributed by atoms with Gasteiger partial charge in [-0.2, -0.15) is 0 Å². The summed E-state index contributed by atoms with van der Waals surface area (Å²) in [5.41, 5.74) is 1.09. The first kappa shape index (κ1) is 10.5. The molecule has 0 N–H and O–H groups in total. The van der Waals surface area contributed by atoms with Crippen LogP contribution in [0.2, 0.25) is 0 Å². The maximum atomic E-state index is 5.05. The average Bonchev–Trinajstić information content (AvgIpc) is 2.27. The number of hydrogen-bond acceptors (Lipinski definition) is 1. The highest BCUT2D eigenvalue weighted by Crippen LogP contribution is 2.26. The normalized spacial score (nSPS) is 10.3. The van der Waals surface area contributed by atoms with Crippen molar-refractivity contribution in [2.75, 3.05) is 11.9 Å². The Balaban J connectivity index is 2.65. The van der Waals surface area contributed by atoms with Gasteiger partial charge in [0.1, 0.15) is 4.32 Å². The molecular formula is C12H11NS2. The van der Waals surface area contributed by atoms with Crippen molar-refractivity contribution in [3.63, 3.8) is 0 Å². The van der Waals surface area contributed by atoms with E-state index in [0.717, 1.165) is 5.69 Å². The third-order valence-corrected chi connectivity index (χ3v) is 2.99. The molecule has 15 heavy (non-hydrogen) atoms. The van der Waals surface area contributed by atoms with Crippen LogP contribution in [0.5, 0.6) is 0 Å². The van der Waals surface area contributed by atoms with E-state index in [1.54, 1.807) is 0 Å². The molecule has 0 fully saturated rings. The van der Waals surface area contributed by atoms with Gasteiger partial charge < -0.3 is 4.90 Å². The van der Waals surface area contributed by atoms with Crippen LogP contribution in [0.4, 0.5) is 5.69 Å². The van der Waals surface area contributed by atoms with E-state index in [9.17, 15) is 0 Å². The summed E-state index contributed by atoms with van der Waals surface area (Å²) in [6.07, 6.45) is 0. The first-order valence-electron chi connectivity index (χ1n) is 4.64. The highest BCUT2D eigenvalue weighted by molar-refractivity contribution is 8.11. The zero-order valence-corrected chi connectivity index (χ0v) is 10.1. The largest absolute Gasteiger partial charge is 0.330 e. The fourth-order valence-corrected chi connectivity index (χ4v) is 1.81. The van der Waals surface area contributed by atoms with E-state index < -0.39 is 0 Å². The van der Waals surface area contributed by atoms with Crippen LogP contribution in [0.15, 0.2) is 42.5 Å². The Hall–Kier alpha value is -1.06. The van der Waals surface area contributed by atoms with Crippen LogP contribution < -0.4 is 4.90 Å². The van der Waals surface area contributed by atoms with E-state index in [1.165, 1.54) is 10.8 Å². The number of thiocarbonyl (C=S) groups is 1. The Morgan fingerprint density at radius 3 is 2.53 bits per heavy atom. The minimum atomic E-state index is 0.575. The van der Waals surface area contributed by atoms with Crippen LogP contribution in [-0.2, 0) is 0 Å². The molecule has 0 atom stereocenters. The van der Waals surface area contributed by atoms with Crippen LogP contribution in [0.25, 0.3) is 10.8 Å². The lowest BCUT2D eigenvalue weighted by Crippen LogP contribution is -2.19. The summed E-state index contributed by atoms with van der Waals surface area (Å²) in [5, 5.41) is 2.41. The lowest BCUT2D eigenvalue weighted by molar-refractivity contribution is 1.33. The number of anilines is 1. The molecule has 0 bridgehead atoms. The van der Waals surface area contributed by atoms with Crippen molar-refractivity contribution in [2.45, 2.75) is 0 Å². The lowest BCUT2D eigenvalue weighted by Gasteiger charge is -2.18. The van der Waals surface area contributed by atoms with Gasteiger partial charge in [0, 0.05) is 18.1 Å². The number of fused-ring (bicyclic) bond motifs is 1. The van der Waals surface area contributed by atoms with Gasteiger partial charge >= 0.3 is 0 Å². The van der Waals surface area contributed by atoms with E-state index in [1.807, 2.05) is 36.2 Å². The maximum Gasteiger partial charge on any atom is 0.137 e. The van der Waals surface area contributed by atoms with E-state index in [2.05, 4.69) is 30.8 Å². The zero-order valence-electron chi connectivity index (χ0n) is 8.34. The molecule has 0 saturated carbocycles. The van der Waals surface area contributed by atoms with Crippen molar-refractivity contribution >= 4 is 45.6 Å². The summed E-state index contributed by atoms with van der Waals surface area (Å²) in [5.74, 6) is 0. The van der Waals surface area contributed by atoms with Crippen LogP contribution in [0.3, 0.4) is 0 Å². The molecule has 0 radical (unpaired) electrons. The van der Waals surface area contributed by atoms with Gasteiger partial charge in [0.2, 0.25) is 0 Å². The predicted molar refractivity (Wildman–Crippen MR) is 73.9 cm³/mol. The topological polar surface area (TPSA) is 3.24 Å². The molecule has 0 amide bonds. The molecule has 0 aliphatic rings. The number of nitrogens with zero attached hydrogens (tertiary/aromatic N) is 1. The standard InChI is InChI=1S/C12H11NS2/c1-13(12(14)15)11-8-4-6-9-5-2-3-7-10(9)11/h2-8H,1H3,(H,14,15). The van der Waals surface area contributed by atoms with Gasteiger partial charge in [0.15, 0.2) is 0 Å². The number of rotatable bonds is 1. The molecule has 0 aliphatic carbocycles. The molecule has 2 aromatic rings. The summed E-state index contributed by atoms with van der Waals surface area (Å²) >= 11 is 9.24. The van der Waals surface area contributed by atoms with Crippen molar-refractivity contribution in [3.8, 4) is 0 Å². The fraction of sp³-hybridized carbons (Fsp3) is 0.0833. The Bertz CT molecular complexity index is 502. The highest BCUT2D eigenvalue weighted by Gasteiger charge is 2.06. The average molecular weight is 233 g/mol. The summed E-state index contributed by atoms with van der Waals surface area (Å²) in [6.45, 7) is 0. The molecule has 76 valence electrons. The summed E-state index contributed by atoms with van der Waals surface area (Å²) in [6, 6.07) is 14.4. The van der Waals surface area contributed by atoms with Gasteiger partial charge in [-0.25, -0.2) is 0 Å². The fourth-order valence-electron chi connectivity index (χ4n) is 1.60. The Morgan fingerprint density at radius 1 is 1.13 bits per heavy atom.